The van der Waals surface area contributed by atoms with Crippen LogP contribution in [0.25, 0.3) is 0 Å². The number of benzene rings is 1. The molecule has 0 aliphatic carbocycles. The number of hydrogen-bond donors (Lipinski definition) is 1. The molecule has 0 amide bonds. The maximum Gasteiger partial charge on any atom is 0.156 e. The molecule has 0 atom stereocenters. The Labute approximate surface area is 121 Å². The summed E-state index contributed by atoms with van der Waals surface area (Å²) in [6.07, 6.45) is 0. The van der Waals surface area contributed by atoms with Crippen molar-refractivity contribution >= 4 is 34.7 Å². The molecule has 0 spiro atoms. The van der Waals surface area contributed by atoms with Gasteiger partial charge in [-0.2, -0.15) is 0 Å². The number of aromatic nitrogens is 2. The summed E-state index contributed by atoms with van der Waals surface area (Å²) in [6, 6.07) is 5.40. The molecule has 100 valence electrons. The van der Waals surface area contributed by atoms with Crippen LogP contribution in [0, 0.1) is 13.8 Å². The Morgan fingerprint density at radius 3 is 2.53 bits per heavy atom. The van der Waals surface area contributed by atoms with E-state index >= 15 is 0 Å². The molecule has 0 saturated heterocycles. The van der Waals surface area contributed by atoms with Crippen LogP contribution >= 0.6 is 23.2 Å². The largest absolute Gasteiger partial charge is 0.495 e. The molecule has 1 aromatic carbocycles. The van der Waals surface area contributed by atoms with Crippen molar-refractivity contribution < 1.29 is 4.74 Å². The standard InChI is InChI=1S/C13H13Cl2N3O/c1-7-8(2)13(18-17-12(7)15)16-9-4-5-10(14)11(6-9)19-3/h4-6H,1-3H3,(H,16,18). The first-order valence-electron chi connectivity index (χ1n) is 5.63. The third kappa shape index (κ3) is 2.91. The van der Waals surface area contributed by atoms with Crippen LogP contribution in [0.3, 0.4) is 0 Å². The van der Waals surface area contributed by atoms with Crippen molar-refractivity contribution in [3.8, 4) is 5.75 Å². The summed E-state index contributed by atoms with van der Waals surface area (Å²) >= 11 is 11.9. The summed E-state index contributed by atoms with van der Waals surface area (Å²) in [5, 5.41) is 12.1. The molecule has 0 bridgehead atoms. The highest BCUT2D eigenvalue weighted by atomic mass is 35.5. The zero-order valence-corrected chi connectivity index (χ0v) is 12.3. The lowest BCUT2D eigenvalue weighted by Gasteiger charge is -2.11. The van der Waals surface area contributed by atoms with Crippen molar-refractivity contribution in [2.75, 3.05) is 12.4 Å². The van der Waals surface area contributed by atoms with Gasteiger partial charge in [0.2, 0.25) is 0 Å². The Hall–Kier alpha value is -1.52. The maximum atomic E-state index is 5.98. The van der Waals surface area contributed by atoms with Gasteiger partial charge in [0.15, 0.2) is 11.0 Å². The number of hydrogen-bond acceptors (Lipinski definition) is 4. The normalized spacial score (nSPS) is 10.4. The molecule has 6 heteroatoms. The molecule has 1 heterocycles. The number of methoxy groups -OCH3 is 1. The van der Waals surface area contributed by atoms with E-state index in [4.69, 9.17) is 27.9 Å². The Morgan fingerprint density at radius 1 is 1.11 bits per heavy atom. The second kappa shape index (κ2) is 5.63. The number of anilines is 2. The fraction of sp³-hybridized carbons (Fsp3) is 0.231. The lowest BCUT2D eigenvalue weighted by atomic mass is 10.2. The Bertz CT molecular complexity index is 617. The Morgan fingerprint density at radius 2 is 1.84 bits per heavy atom. The molecule has 0 aliphatic rings. The lowest BCUT2D eigenvalue weighted by molar-refractivity contribution is 0.415. The van der Waals surface area contributed by atoms with Crippen LogP contribution in [-0.2, 0) is 0 Å². The summed E-state index contributed by atoms with van der Waals surface area (Å²) < 4.78 is 5.17. The fourth-order valence-corrected chi connectivity index (χ4v) is 1.94. The van der Waals surface area contributed by atoms with E-state index in [-0.39, 0.29) is 0 Å². The number of nitrogens with zero attached hydrogens (tertiary/aromatic N) is 2. The SMILES string of the molecule is COc1cc(Nc2nnc(Cl)c(C)c2C)ccc1Cl. The summed E-state index contributed by atoms with van der Waals surface area (Å²) in [5.41, 5.74) is 2.68. The van der Waals surface area contributed by atoms with Gasteiger partial charge >= 0.3 is 0 Å². The highest BCUT2D eigenvalue weighted by molar-refractivity contribution is 6.32. The van der Waals surface area contributed by atoms with Gasteiger partial charge < -0.3 is 10.1 Å². The fourth-order valence-electron chi connectivity index (χ4n) is 1.57. The molecule has 2 aromatic rings. The van der Waals surface area contributed by atoms with E-state index in [0.717, 1.165) is 16.8 Å². The van der Waals surface area contributed by atoms with Crippen LogP contribution < -0.4 is 10.1 Å². The van der Waals surface area contributed by atoms with E-state index in [1.54, 1.807) is 19.2 Å². The van der Waals surface area contributed by atoms with Gasteiger partial charge in [0.05, 0.1) is 12.1 Å². The van der Waals surface area contributed by atoms with Gasteiger partial charge in [-0.25, -0.2) is 0 Å². The minimum absolute atomic E-state index is 0.414. The second-order valence-corrected chi connectivity index (χ2v) is 4.83. The predicted molar refractivity (Wildman–Crippen MR) is 77.8 cm³/mol. The van der Waals surface area contributed by atoms with E-state index in [0.29, 0.717) is 21.7 Å². The van der Waals surface area contributed by atoms with E-state index in [9.17, 15) is 0 Å². The summed E-state index contributed by atoms with van der Waals surface area (Å²) in [5.74, 6) is 1.26. The van der Waals surface area contributed by atoms with Gasteiger partial charge in [-0.3, -0.25) is 0 Å². The molecule has 0 fully saturated rings. The smallest absolute Gasteiger partial charge is 0.156 e. The van der Waals surface area contributed by atoms with Crippen LogP contribution in [0.4, 0.5) is 11.5 Å². The average Bonchev–Trinajstić information content (AvgIpc) is 2.41. The van der Waals surface area contributed by atoms with Crippen molar-refractivity contribution in [2.24, 2.45) is 0 Å². The summed E-state index contributed by atoms with van der Waals surface area (Å²) in [4.78, 5) is 0. The lowest BCUT2D eigenvalue weighted by Crippen LogP contribution is -2.01. The number of halogens is 2. The van der Waals surface area contributed by atoms with E-state index in [2.05, 4.69) is 15.5 Å². The maximum absolute atomic E-state index is 5.98. The van der Waals surface area contributed by atoms with Crippen LogP contribution in [-0.4, -0.2) is 17.3 Å². The molecule has 0 radical (unpaired) electrons. The van der Waals surface area contributed by atoms with Gasteiger partial charge in [0.1, 0.15) is 5.75 Å². The van der Waals surface area contributed by atoms with Crippen LogP contribution in [0.1, 0.15) is 11.1 Å². The molecule has 2 rings (SSSR count). The molecule has 4 nitrogen and oxygen atoms in total. The highest BCUT2D eigenvalue weighted by Crippen LogP contribution is 2.30. The molecular formula is C13H13Cl2N3O. The van der Waals surface area contributed by atoms with E-state index in [1.807, 2.05) is 19.9 Å². The Balaban J connectivity index is 2.34. The molecule has 1 N–H and O–H groups in total. The zero-order valence-electron chi connectivity index (χ0n) is 10.8. The third-order valence-corrected chi connectivity index (χ3v) is 3.55. The van der Waals surface area contributed by atoms with Crippen molar-refractivity contribution in [3.63, 3.8) is 0 Å². The average molecular weight is 298 g/mol. The number of ether oxygens (including phenoxy) is 1. The van der Waals surface area contributed by atoms with Gasteiger partial charge in [-0.1, -0.05) is 23.2 Å². The second-order valence-electron chi connectivity index (χ2n) is 4.06. The molecule has 0 aliphatic heterocycles. The minimum Gasteiger partial charge on any atom is -0.495 e. The van der Waals surface area contributed by atoms with Crippen LogP contribution in [0.2, 0.25) is 10.2 Å². The van der Waals surface area contributed by atoms with Gasteiger partial charge in [-0.05, 0) is 37.1 Å². The quantitative estimate of drug-likeness (QED) is 0.924. The number of rotatable bonds is 3. The van der Waals surface area contributed by atoms with Crippen LogP contribution in [0.5, 0.6) is 5.75 Å². The van der Waals surface area contributed by atoms with Gasteiger partial charge in [0.25, 0.3) is 0 Å². The zero-order chi connectivity index (χ0) is 14.0. The highest BCUT2D eigenvalue weighted by Gasteiger charge is 2.09. The monoisotopic (exact) mass is 297 g/mol. The van der Waals surface area contributed by atoms with Gasteiger partial charge in [0, 0.05) is 11.8 Å². The first kappa shape index (κ1) is 13.9. The van der Waals surface area contributed by atoms with Crippen molar-refractivity contribution in [3.05, 3.63) is 39.5 Å². The molecule has 0 unspecified atom stereocenters. The van der Waals surface area contributed by atoms with E-state index < -0.39 is 0 Å². The predicted octanol–water partition coefficient (Wildman–Crippen LogP) is 4.15. The molecule has 19 heavy (non-hydrogen) atoms. The molecule has 1 aromatic heterocycles. The van der Waals surface area contributed by atoms with Gasteiger partial charge in [-0.15, -0.1) is 10.2 Å². The minimum atomic E-state index is 0.414. The third-order valence-electron chi connectivity index (χ3n) is 2.88. The Kier molecular flexibility index (Phi) is 4.12. The molecule has 0 saturated carbocycles. The first-order chi connectivity index (χ1) is 9.02. The molecular weight excluding hydrogens is 285 g/mol. The van der Waals surface area contributed by atoms with Crippen molar-refractivity contribution in [1.29, 1.82) is 0 Å². The van der Waals surface area contributed by atoms with E-state index in [1.165, 1.54) is 0 Å². The van der Waals surface area contributed by atoms with Crippen molar-refractivity contribution in [2.45, 2.75) is 13.8 Å². The summed E-state index contributed by atoms with van der Waals surface area (Å²) in [6.45, 7) is 3.84. The van der Waals surface area contributed by atoms with Crippen LogP contribution in [0.15, 0.2) is 18.2 Å². The van der Waals surface area contributed by atoms with Crippen molar-refractivity contribution in [1.82, 2.24) is 10.2 Å². The number of nitrogens with one attached hydrogen (secondary N) is 1. The topological polar surface area (TPSA) is 47.0 Å². The summed E-state index contributed by atoms with van der Waals surface area (Å²) in [7, 11) is 1.57. The first-order valence-corrected chi connectivity index (χ1v) is 6.38.